The van der Waals surface area contributed by atoms with Gasteiger partial charge in [-0.25, -0.2) is 0 Å². The van der Waals surface area contributed by atoms with Gasteiger partial charge in [-0.1, -0.05) is 0 Å². The van der Waals surface area contributed by atoms with Gasteiger partial charge < -0.3 is 19.7 Å². The predicted molar refractivity (Wildman–Crippen MR) is 67.1 cm³/mol. The molecule has 100 valence electrons. The summed E-state index contributed by atoms with van der Waals surface area (Å²) < 4.78 is 9.96. The molecule has 1 aromatic heterocycles. The number of methoxy groups -OCH3 is 2. The maximum absolute atomic E-state index is 4.98. The number of likely N-dealkylation sites (N-methyl/N-ethyl adjacent to an activating group) is 1. The smallest absolute Gasteiger partial charge is 0.324 e. The summed E-state index contributed by atoms with van der Waals surface area (Å²) in [5.41, 5.74) is 0. The van der Waals surface area contributed by atoms with Crippen molar-refractivity contribution in [3.05, 3.63) is 0 Å². The van der Waals surface area contributed by atoms with Gasteiger partial charge in [-0.3, -0.25) is 0 Å². The fraction of sp³-hybridized carbons (Fsp3) is 0.727. The maximum atomic E-state index is 4.98. The summed E-state index contributed by atoms with van der Waals surface area (Å²) in [6.07, 6.45) is 2.62. The summed E-state index contributed by atoms with van der Waals surface area (Å²) in [6.45, 7) is 1.74. The van der Waals surface area contributed by atoms with Crippen LogP contribution in [0.25, 0.3) is 0 Å². The molecule has 1 aliphatic carbocycles. The van der Waals surface area contributed by atoms with E-state index < -0.39 is 0 Å². The highest BCUT2D eigenvalue weighted by Crippen LogP contribution is 2.24. The molecule has 1 heterocycles. The standard InChI is InChI=1S/C11H19N5O2/c1-16(8-4-5-8)7-6-12-9-13-10(17-2)15-11(14-9)18-3/h8H,4-7H2,1-3H3,(H,12,13,14,15). The van der Waals surface area contributed by atoms with Crippen LogP contribution in [0.3, 0.4) is 0 Å². The molecule has 18 heavy (non-hydrogen) atoms. The van der Waals surface area contributed by atoms with E-state index in [4.69, 9.17) is 9.47 Å². The SMILES string of the molecule is COc1nc(NCCN(C)C2CC2)nc(OC)n1. The van der Waals surface area contributed by atoms with Gasteiger partial charge >= 0.3 is 12.0 Å². The van der Waals surface area contributed by atoms with Crippen molar-refractivity contribution in [2.45, 2.75) is 18.9 Å². The molecule has 0 bridgehead atoms. The second-order valence-corrected chi connectivity index (χ2v) is 4.27. The lowest BCUT2D eigenvalue weighted by molar-refractivity contribution is 0.334. The summed E-state index contributed by atoms with van der Waals surface area (Å²) in [4.78, 5) is 14.5. The van der Waals surface area contributed by atoms with E-state index in [2.05, 4.69) is 32.2 Å². The quantitative estimate of drug-likeness (QED) is 0.753. The molecule has 1 aliphatic rings. The normalized spacial score (nSPS) is 14.7. The van der Waals surface area contributed by atoms with Crippen LogP contribution in [0.5, 0.6) is 12.0 Å². The van der Waals surface area contributed by atoms with E-state index in [1.165, 1.54) is 27.1 Å². The number of hydrogen-bond acceptors (Lipinski definition) is 7. The minimum atomic E-state index is 0.250. The number of nitrogens with zero attached hydrogens (tertiary/aromatic N) is 4. The molecular formula is C11H19N5O2. The Hall–Kier alpha value is -1.63. The molecule has 7 nitrogen and oxygen atoms in total. The first-order chi connectivity index (χ1) is 8.72. The monoisotopic (exact) mass is 253 g/mol. The van der Waals surface area contributed by atoms with Gasteiger partial charge in [-0.05, 0) is 19.9 Å². The molecule has 0 amide bonds. The maximum Gasteiger partial charge on any atom is 0.324 e. The number of anilines is 1. The number of hydrogen-bond donors (Lipinski definition) is 1. The van der Waals surface area contributed by atoms with Crippen LogP contribution in [-0.4, -0.2) is 60.3 Å². The zero-order valence-electron chi connectivity index (χ0n) is 11.0. The molecule has 0 unspecified atom stereocenters. The van der Waals surface area contributed by atoms with Crippen LogP contribution in [-0.2, 0) is 0 Å². The van der Waals surface area contributed by atoms with Gasteiger partial charge in [0, 0.05) is 19.1 Å². The third-order valence-corrected chi connectivity index (χ3v) is 2.88. The Morgan fingerprint density at radius 1 is 1.17 bits per heavy atom. The molecule has 1 fully saturated rings. The third kappa shape index (κ3) is 3.43. The fourth-order valence-corrected chi connectivity index (χ4v) is 1.64. The van der Waals surface area contributed by atoms with Crippen LogP contribution >= 0.6 is 0 Å². The van der Waals surface area contributed by atoms with Crippen molar-refractivity contribution in [1.29, 1.82) is 0 Å². The number of aromatic nitrogens is 3. The Balaban J connectivity index is 1.87. The van der Waals surface area contributed by atoms with Crippen LogP contribution in [0.4, 0.5) is 5.95 Å². The van der Waals surface area contributed by atoms with Gasteiger partial charge in [0.1, 0.15) is 0 Å². The molecule has 0 spiro atoms. The Labute approximate surface area is 107 Å². The largest absolute Gasteiger partial charge is 0.467 e. The summed E-state index contributed by atoms with van der Waals surface area (Å²) in [7, 11) is 5.16. The highest BCUT2D eigenvalue weighted by atomic mass is 16.5. The van der Waals surface area contributed by atoms with Crippen molar-refractivity contribution in [2.24, 2.45) is 0 Å². The van der Waals surface area contributed by atoms with Crippen molar-refractivity contribution >= 4 is 5.95 Å². The molecule has 0 aromatic carbocycles. The molecule has 0 atom stereocenters. The second kappa shape index (κ2) is 5.81. The molecule has 0 aliphatic heterocycles. The van der Waals surface area contributed by atoms with E-state index in [0.717, 1.165) is 19.1 Å². The number of rotatable bonds is 7. The first-order valence-corrected chi connectivity index (χ1v) is 6.01. The van der Waals surface area contributed by atoms with Crippen molar-refractivity contribution in [3.63, 3.8) is 0 Å². The van der Waals surface area contributed by atoms with Gasteiger partial charge in [0.25, 0.3) is 0 Å². The molecular weight excluding hydrogens is 234 g/mol. The summed E-state index contributed by atoms with van der Waals surface area (Å²) in [5, 5.41) is 3.14. The number of nitrogens with one attached hydrogen (secondary N) is 1. The second-order valence-electron chi connectivity index (χ2n) is 4.27. The van der Waals surface area contributed by atoms with E-state index in [0.29, 0.717) is 5.95 Å². The molecule has 7 heteroatoms. The average Bonchev–Trinajstić information content (AvgIpc) is 3.22. The zero-order chi connectivity index (χ0) is 13.0. The molecule has 2 rings (SSSR count). The molecule has 1 N–H and O–H groups in total. The van der Waals surface area contributed by atoms with E-state index in [1.54, 1.807) is 0 Å². The number of ether oxygens (including phenoxy) is 2. The van der Waals surface area contributed by atoms with E-state index in [9.17, 15) is 0 Å². The Morgan fingerprint density at radius 2 is 1.78 bits per heavy atom. The van der Waals surface area contributed by atoms with Crippen LogP contribution in [0.15, 0.2) is 0 Å². The lowest BCUT2D eigenvalue weighted by Gasteiger charge is -2.15. The zero-order valence-corrected chi connectivity index (χ0v) is 11.0. The molecule has 0 saturated heterocycles. The average molecular weight is 253 g/mol. The van der Waals surface area contributed by atoms with Gasteiger partial charge in [0.05, 0.1) is 14.2 Å². The highest BCUT2D eigenvalue weighted by Gasteiger charge is 2.25. The Kier molecular flexibility index (Phi) is 4.14. The van der Waals surface area contributed by atoms with Crippen LogP contribution in [0.1, 0.15) is 12.8 Å². The van der Waals surface area contributed by atoms with E-state index in [1.807, 2.05) is 0 Å². The molecule has 0 radical (unpaired) electrons. The van der Waals surface area contributed by atoms with Crippen molar-refractivity contribution in [2.75, 3.05) is 39.7 Å². The predicted octanol–water partition coefficient (Wildman–Crippen LogP) is 0.395. The highest BCUT2D eigenvalue weighted by molar-refractivity contribution is 5.27. The lowest BCUT2D eigenvalue weighted by Crippen LogP contribution is -2.27. The van der Waals surface area contributed by atoms with Crippen molar-refractivity contribution in [3.8, 4) is 12.0 Å². The lowest BCUT2D eigenvalue weighted by atomic mass is 10.5. The summed E-state index contributed by atoms with van der Waals surface area (Å²) in [6, 6.07) is 1.26. The summed E-state index contributed by atoms with van der Waals surface area (Å²) in [5.74, 6) is 0.475. The molecule has 1 aromatic rings. The van der Waals surface area contributed by atoms with Crippen molar-refractivity contribution in [1.82, 2.24) is 19.9 Å². The first-order valence-electron chi connectivity index (χ1n) is 6.01. The van der Waals surface area contributed by atoms with Gasteiger partial charge in [0.2, 0.25) is 5.95 Å². The van der Waals surface area contributed by atoms with Crippen LogP contribution in [0, 0.1) is 0 Å². The fourth-order valence-electron chi connectivity index (χ4n) is 1.64. The van der Waals surface area contributed by atoms with Crippen molar-refractivity contribution < 1.29 is 9.47 Å². The minimum Gasteiger partial charge on any atom is -0.467 e. The van der Waals surface area contributed by atoms with Gasteiger partial charge in [-0.2, -0.15) is 9.97 Å². The third-order valence-electron chi connectivity index (χ3n) is 2.88. The summed E-state index contributed by atoms with van der Waals surface area (Å²) >= 11 is 0. The Morgan fingerprint density at radius 3 is 2.28 bits per heavy atom. The van der Waals surface area contributed by atoms with Gasteiger partial charge in [0.15, 0.2) is 0 Å². The van der Waals surface area contributed by atoms with Crippen LogP contribution < -0.4 is 14.8 Å². The topological polar surface area (TPSA) is 72.4 Å². The van der Waals surface area contributed by atoms with Crippen LogP contribution in [0.2, 0.25) is 0 Å². The minimum absolute atomic E-state index is 0.250. The first kappa shape index (κ1) is 12.8. The van der Waals surface area contributed by atoms with E-state index in [-0.39, 0.29) is 12.0 Å². The molecule has 1 saturated carbocycles. The Bertz CT molecular complexity index is 375. The van der Waals surface area contributed by atoms with E-state index >= 15 is 0 Å². The van der Waals surface area contributed by atoms with Gasteiger partial charge in [-0.15, -0.1) is 4.98 Å².